The number of piperidine rings is 1. The molecule has 4 N–H and O–H groups in total. The molecule has 218 valence electrons. The molecule has 8 nitrogen and oxygen atoms in total. The molecule has 0 bridgehead atoms. The molecule has 1 unspecified atom stereocenters. The number of halogens is 6. The number of nitrogen functional groups attached to an aromatic ring is 1. The number of nitrogens with zero attached hydrogens (tertiary/aromatic N) is 3. The van der Waals surface area contributed by atoms with Crippen LogP contribution < -0.4 is 20.7 Å². The molecule has 5 rings (SSSR count). The third-order valence-electron chi connectivity index (χ3n) is 7.52. The van der Waals surface area contributed by atoms with E-state index in [-0.39, 0.29) is 33.3 Å². The number of rotatable bonds is 6. The van der Waals surface area contributed by atoms with E-state index < -0.39 is 47.4 Å². The van der Waals surface area contributed by atoms with Gasteiger partial charge in [-0.1, -0.05) is 17.7 Å². The van der Waals surface area contributed by atoms with Crippen LogP contribution in [0.4, 0.5) is 33.7 Å². The molecule has 2 aromatic carbocycles. The average molecular weight is 598 g/mol. The Kier molecular flexibility index (Phi) is 7.68. The first-order valence-electron chi connectivity index (χ1n) is 12.7. The van der Waals surface area contributed by atoms with Gasteiger partial charge in [-0.05, 0) is 60.1 Å². The zero-order valence-electron chi connectivity index (χ0n) is 21.4. The van der Waals surface area contributed by atoms with E-state index in [0.29, 0.717) is 45.0 Å². The molecular formula is C27H25ClF5N5O3. The first-order chi connectivity index (χ1) is 19.3. The smallest absolute Gasteiger partial charge is 0.429 e. The average Bonchev–Trinajstić information content (AvgIpc) is 3.30. The minimum Gasteiger partial charge on any atom is -0.480 e. The van der Waals surface area contributed by atoms with Gasteiger partial charge in [0.05, 0.1) is 0 Å². The molecule has 0 aliphatic carbocycles. The van der Waals surface area contributed by atoms with E-state index >= 15 is 0 Å². The predicted octanol–water partition coefficient (Wildman–Crippen LogP) is 5.37. The fraction of sp³-hybridized carbons (Fsp3) is 0.370. The molecular weight excluding hydrogens is 573 g/mol. The summed E-state index contributed by atoms with van der Waals surface area (Å²) in [5.74, 6) is -3.35. The Balaban J connectivity index is 1.43. The zero-order chi connectivity index (χ0) is 29.5. The number of ether oxygens (including phenoxy) is 1. The van der Waals surface area contributed by atoms with Crippen molar-refractivity contribution in [1.82, 2.24) is 15.3 Å². The van der Waals surface area contributed by atoms with E-state index in [9.17, 15) is 31.9 Å². The summed E-state index contributed by atoms with van der Waals surface area (Å²) in [7, 11) is 0. The van der Waals surface area contributed by atoms with Crippen LogP contribution in [0.1, 0.15) is 30.9 Å². The Hall–Kier alpha value is -3.71. The van der Waals surface area contributed by atoms with Crippen LogP contribution in [0.25, 0.3) is 11.1 Å². The number of alkyl halides is 3. The minimum atomic E-state index is -4.97. The molecule has 2 aliphatic heterocycles. The Morgan fingerprint density at radius 1 is 1.12 bits per heavy atom. The number of carboxylic acid groups (broad SMARTS) is 1. The maximum absolute atomic E-state index is 14.4. The first-order valence-corrected chi connectivity index (χ1v) is 13.0. The number of hydrogen-bond acceptors (Lipinski definition) is 7. The summed E-state index contributed by atoms with van der Waals surface area (Å²) >= 11 is 6.04. The molecule has 0 amide bonds. The lowest BCUT2D eigenvalue weighted by atomic mass is 9.76. The number of carbonyl (C=O) groups is 1. The van der Waals surface area contributed by atoms with Crippen molar-refractivity contribution in [3.63, 3.8) is 0 Å². The van der Waals surface area contributed by atoms with Crippen LogP contribution in [-0.2, 0) is 4.79 Å². The highest BCUT2D eigenvalue weighted by Gasteiger charge is 2.46. The highest BCUT2D eigenvalue weighted by Crippen LogP contribution is 2.43. The van der Waals surface area contributed by atoms with Crippen LogP contribution in [0.5, 0.6) is 5.88 Å². The topological polar surface area (TPSA) is 114 Å². The van der Waals surface area contributed by atoms with Crippen molar-refractivity contribution < 1.29 is 36.6 Å². The zero-order valence-corrected chi connectivity index (χ0v) is 22.1. The molecule has 2 aliphatic rings. The minimum absolute atomic E-state index is 0.0536. The van der Waals surface area contributed by atoms with Gasteiger partial charge in [0, 0.05) is 42.4 Å². The second-order valence-corrected chi connectivity index (χ2v) is 10.8. The summed E-state index contributed by atoms with van der Waals surface area (Å²) < 4.78 is 76.6. The van der Waals surface area contributed by atoms with Crippen molar-refractivity contribution in [2.75, 3.05) is 30.3 Å². The number of nitrogens with one attached hydrogen (secondary N) is 1. The third-order valence-corrected chi connectivity index (χ3v) is 7.76. The Bertz CT molecular complexity index is 1450. The maximum atomic E-state index is 14.4. The molecule has 41 heavy (non-hydrogen) atoms. The van der Waals surface area contributed by atoms with E-state index in [2.05, 4.69) is 15.3 Å². The third kappa shape index (κ3) is 6.30. The van der Waals surface area contributed by atoms with Crippen molar-refractivity contribution in [2.24, 2.45) is 5.41 Å². The van der Waals surface area contributed by atoms with E-state index in [0.717, 1.165) is 18.2 Å². The van der Waals surface area contributed by atoms with Crippen molar-refractivity contribution in [2.45, 2.75) is 37.6 Å². The van der Waals surface area contributed by atoms with Gasteiger partial charge in [-0.3, -0.25) is 4.79 Å². The second kappa shape index (κ2) is 10.9. The fourth-order valence-corrected chi connectivity index (χ4v) is 5.65. The van der Waals surface area contributed by atoms with Gasteiger partial charge in [-0.25, -0.2) is 8.78 Å². The van der Waals surface area contributed by atoms with E-state index in [4.69, 9.17) is 22.1 Å². The summed E-state index contributed by atoms with van der Waals surface area (Å²) in [6.45, 7) is 1.50. The Morgan fingerprint density at radius 2 is 1.80 bits per heavy atom. The summed E-state index contributed by atoms with van der Waals surface area (Å²) in [6.07, 6.45) is -5.78. The molecule has 1 spiro atoms. The molecule has 1 aromatic heterocycles. The summed E-state index contributed by atoms with van der Waals surface area (Å²) in [5, 5.41) is 12.4. The molecule has 3 heterocycles. The number of nitrogens with two attached hydrogens (primary N) is 1. The second-order valence-electron chi connectivity index (χ2n) is 10.3. The summed E-state index contributed by atoms with van der Waals surface area (Å²) in [6, 6.07) is 6.50. The lowest BCUT2D eigenvalue weighted by Crippen LogP contribution is -2.41. The number of anilines is 2. The molecule has 2 saturated heterocycles. The number of hydrogen-bond donors (Lipinski definition) is 3. The summed E-state index contributed by atoms with van der Waals surface area (Å²) in [4.78, 5) is 21.2. The maximum Gasteiger partial charge on any atom is 0.429 e. The van der Waals surface area contributed by atoms with Gasteiger partial charge < -0.3 is 25.8 Å². The van der Waals surface area contributed by atoms with Crippen LogP contribution in [0, 0.1) is 17.0 Å². The van der Waals surface area contributed by atoms with Crippen molar-refractivity contribution in [3.05, 3.63) is 64.7 Å². The van der Waals surface area contributed by atoms with Crippen LogP contribution >= 0.6 is 11.6 Å². The number of aliphatic carboxylic acids is 1. The summed E-state index contributed by atoms with van der Waals surface area (Å²) in [5.41, 5.74) is 4.88. The van der Waals surface area contributed by atoms with Crippen molar-refractivity contribution >= 4 is 29.3 Å². The number of aromatic nitrogens is 2. The molecule has 2 fully saturated rings. The highest BCUT2D eigenvalue weighted by molar-refractivity contribution is 6.30. The van der Waals surface area contributed by atoms with Gasteiger partial charge in [0.15, 0.2) is 0 Å². The van der Waals surface area contributed by atoms with Crippen molar-refractivity contribution in [3.8, 4) is 17.0 Å². The van der Waals surface area contributed by atoms with E-state index in [1.54, 1.807) is 0 Å². The quantitative estimate of drug-likeness (QED) is 0.325. The van der Waals surface area contributed by atoms with Crippen molar-refractivity contribution in [1.29, 1.82) is 0 Å². The Morgan fingerprint density at radius 3 is 2.41 bits per heavy atom. The first kappa shape index (κ1) is 28.8. The fourth-order valence-electron chi connectivity index (χ4n) is 5.48. The largest absolute Gasteiger partial charge is 0.480 e. The van der Waals surface area contributed by atoms with Gasteiger partial charge in [0.25, 0.3) is 0 Å². The monoisotopic (exact) mass is 597 g/mol. The van der Waals surface area contributed by atoms with E-state index in [1.807, 2.05) is 4.90 Å². The van der Waals surface area contributed by atoms with Gasteiger partial charge >= 0.3 is 12.1 Å². The lowest BCUT2D eigenvalue weighted by Gasteiger charge is -2.39. The van der Waals surface area contributed by atoms with Gasteiger partial charge in [0.2, 0.25) is 17.9 Å². The van der Waals surface area contributed by atoms with Crippen LogP contribution in [0.15, 0.2) is 42.5 Å². The molecule has 2 atom stereocenters. The lowest BCUT2D eigenvalue weighted by molar-refractivity contribution is -0.198. The normalized spacial score (nSPS) is 19.4. The molecule has 0 radical (unpaired) electrons. The van der Waals surface area contributed by atoms with Gasteiger partial charge in [-0.2, -0.15) is 23.1 Å². The Labute approximate surface area is 236 Å². The molecule has 0 saturated carbocycles. The molecule has 14 heteroatoms. The van der Waals surface area contributed by atoms with Gasteiger partial charge in [0.1, 0.15) is 23.5 Å². The van der Waals surface area contributed by atoms with Crippen LogP contribution in [-0.4, -0.2) is 52.9 Å². The number of carboxylic acids is 1. The van der Waals surface area contributed by atoms with Crippen LogP contribution in [0.2, 0.25) is 5.02 Å². The van der Waals surface area contributed by atoms with Crippen LogP contribution in [0.3, 0.4) is 0 Å². The SMILES string of the molecule is Nc1nc(OC(c2ccc(Cl)cc2-c2cc(F)cc(F)c2)C(F)(F)F)cc(N2CCC3(CC2)CN[C@H](C(=O)O)C3)n1. The molecule has 3 aromatic rings. The van der Waals surface area contributed by atoms with Gasteiger partial charge in [-0.15, -0.1) is 0 Å². The standard InChI is InChI=1S/C27H25ClF5N5O3/c28-15-1-2-18(19(9-15)14-7-16(29)10-17(30)8-14)23(27(31,32)33)41-22-11-21(36-25(34)37-22)38-5-3-26(4-6-38)12-20(24(39)40)35-13-26/h1-2,7-11,20,23,35H,3-6,12-13H2,(H,39,40)(H2,34,36,37)/t20-,23?/m0/s1. The van der Waals surface area contributed by atoms with E-state index in [1.165, 1.54) is 18.2 Å². The highest BCUT2D eigenvalue weighted by atomic mass is 35.5. The number of benzene rings is 2. The predicted molar refractivity (Wildman–Crippen MR) is 141 cm³/mol.